The number of allylic oxidation sites excluding steroid dienone is 3. The summed E-state index contributed by atoms with van der Waals surface area (Å²) >= 11 is 0. The van der Waals surface area contributed by atoms with Gasteiger partial charge in [0.1, 0.15) is 10.7 Å². The van der Waals surface area contributed by atoms with E-state index >= 15 is 0 Å². The van der Waals surface area contributed by atoms with E-state index in [1.165, 1.54) is 18.5 Å². The number of nitrogens with zero attached hydrogens (tertiary/aromatic N) is 1. The zero-order valence-electron chi connectivity index (χ0n) is 19.3. The monoisotopic (exact) mass is 482 g/mol. The molecule has 4 rings (SSSR count). The molecule has 0 amide bonds. The number of sulfonamides is 1. The highest BCUT2D eigenvalue weighted by molar-refractivity contribution is 7.92. The molecule has 2 aromatic rings. The Morgan fingerprint density at radius 1 is 1.21 bits per heavy atom. The number of benzene rings is 1. The number of fused-ring (bicyclic) bond motifs is 1. The van der Waals surface area contributed by atoms with E-state index in [4.69, 9.17) is 4.74 Å². The number of aromatic nitrogens is 1. The van der Waals surface area contributed by atoms with Crippen LogP contribution in [-0.2, 0) is 19.6 Å². The number of hydrogen-bond donors (Lipinski definition) is 2. The van der Waals surface area contributed by atoms with E-state index in [2.05, 4.69) is 9.71 Å². The number of carbonyl (C=O) groups excluding carboxylic acids is 1. The predicted molar refractivity (Wildman–Crippen MR) is 129 cm³/mol. The van der Waals surface area contributed by atoms with Crippen LogP contribution in [0.4, 0.5) is 5.69 Å². The first kappa shape index (κ1) is 24.2. The Kier molecular flexibility index (Phi) is 7.19. The van der Waals surface area contributed by atoms with Gasteiger partial charge >= 0.3 is 5.97 Å². The smallest absolute Gasteiger partial charge is 0.317 e. The van der Waals surface area contributed by atoms with Crippen LogP contribution in [0.15, 0.2) is 77.7 Å². The van der Waals surface area contributed by atoms with E-state index in [0.717, 1.165) is 24.8 Å². The highest BCUT2D eigenvalue weighted by Gasteiger charge is 2.47. The van der Waals surface area contributed by atoms with Gasteiger partial charge in [-0.25, -0.2) is 8.42 Å². The fourth-order valence-electron chi connectivity index (χ4n) is 4.90. The van der Waals surface area contributed by atoms with E-state index in [9.17, 15) is 18.3 Å². The van der Waals surface area contributed by atoms with E-state index in [0.29, 0.717) is 11.4 Å². The van der Waals surface area contributed by atoms with Gasteiger partial charge in [0.2, 0.25) is 0 Å². The molecule has 1 aromatic carbocycles. The molecular formula is C26H30N2O5S. The third kappa shape index (κ3) is 5.08. The van der Waals surface area contributed by atoms with Gasteiger partial charge in [-0.3, -0.25) is 14.5 Å². The molecule has 0 bridgehead atoms. The predicted octanol–water partition coefficient (Wildman–Crippen LogP) is 4.40. The molecule has 0 radical (unpaired) electrons. The zero-order valence-corrected chi connectivity index (χ0v) is 20.1. The van der Waals surface area contributed by atoms with Crippen molar-refractivity contribution in [2.45, 2.75) is 50.0 Å². The van der Waals surface area contributed by atoms with Gasteiger partial charge in [0, 0.05) is 29.9 Å². The summed E-state index contributed by atoms with van der Waals surface area (Å²) in [4.78, 5) is 17.0. The lowest BCUT2D eigenvalue weighted by molar-refractivity contribution is -0.161. The maximum Gasteiger partial charge on any atom is 0.317 e. The topological polar surface area (TPSA) is 106 Å². The van der Waals surface area contributed by atoms with Crippen molar-refractivity contribution >= 4 is 21.7 Å². The minimum Gasteiger partial charge on any atom is -0.430 e. The van der Waals surface area contributed by atoms with Crippen LogP contribution < -0.4 is 4.72 Å². The second-order valence-electron chi connectivity index (χ2n) is 9.16. The normalized spacial score (nSPS) is 23.8. The van der Waals surface area contributed by atoms with Gasteiger partial charge in [0.15, 0.2) is 0 Å². The molecule has 2 N–H and O–H groups in total. The Labute approximate surface area is 200 Å². The second-order valence-corrected chi connectivity index (χ2v) is 10.8. The van der Waals surface area contributed by atoms with Crippen molar-refractivity contribution in [3.8, 4) is 0 Å². The van der Waals surface area contributed by atoms with Crippen molar-refractivity contribution in [3.63, 3.8) is 0 Å². The number of ether oxygens (including phenoxy) is 1. The Morgan fingerprint density at radius 3 is 2.76 bits per heavy atom. The SMILES string of the molecule is CC(C)C(c1cccc(NS(=O)(=O)c2cccnc2)c1)C1C(=O)OC2=CC=CCCCC2C1O. The molecule has 1 fully saturated rings. The molecule has 4 atom stereocenters. The number of aliphatic hydroxyl groups is 1. The fourth-order valence-corrected chi connectivity index (χ4v) is 5.91. The Bertz CT molecular complexity index is 1190. The van der Waals surface area contributed by atoms with E-state index in [-0.39, 0.29) is 22.6 Å². The van der Waals surface area contributed by atoms with Crippen molar-refractivity contribution in [1.82, 2.24) is 4.98 Å². The van der Waals surface area contributed by atoms with Gasteiger partial charge < -0.3 is 9.84 Å². The van der Waals surface area contributed by atoms with Crippen LogP contribution in [0.2, 0.25) is 0 Å². The van der Waals surface area contributed by atoms with Crippen molar-refractivity contribution in [2.24, 2.45) is 17.8 Å². The van der Waals surface area contributed by atoms with Crippen LogP contribution in [0.1, 0.15) is 44.6 Å². The molecule has 1 saturated heterocycles. The number of nitrogens with one attached hydrogen (secondary N) is 1. The summed E-state index contributed by atoms with van der Waals surface area (Å²) in [6.07, 6.45) is 10.1. The molecule has 1 aromatic heterocycles. The van der Waals surface area contributed by atoms with Gasteiger partial charge in [0.05, 0.1) is 12.0 Å². The number of rotatable bonds is 6. The van der Waals surface area contributed by atoms with Crippen LogP contribution in [0.3, 0.4) is 0 Å². The molecular weight excluding hydrogens is 452 g/mol. The number of carbonyl (C=O) groups is 1. The molecule has 8 heteroatoms. The van der Waals surface area contributed by atoms with Crippen LogP contribution in [0.25, 0.3) is 0 Å². The third-order valence-electron chi connectivity index (χ3n) is 6.49. The quantitative estimate of drug-likeness (QED) is 0.592. The average Bonchev–Trinajstić information content (AvgIpc) is 2.78. The van der Waals surface area contributed by atoms with Crippen LogP contribution in [-0.4, -0.2) is 30.6 Å². The number of pyridine rings is 1. The van der Waals surface area contributed by atoms with Crippen molar-refractivity contribution in [2.75, 3.05) is 4.72 Å². The summed E-state index contributed by atoms with van der Waals surface area (Å²) in [6, 6.07) is 10.0. The Hall–Kier alpha value is -2.97. The standard InChI is InChI=1S/C26H30N2O5S/c1-17(2)23(24-25(29)21-12-5-3-4-6-13-22(21)33-26(24)30)18-9-7-10-19(15-18)28-34(31,32)20-11-8-14-27-16-20/h4,6-11,13-17,21,23-25,28-29H,3,5,12H2,1-2H3. The molecule has 180 valence electrons. The molecule has 34 heavy (non-hydrogen) atoms. The van der Waals surface area contributed by atoms with Gasteiger partial charge in [-0.05, 0) is 61.1 Å². The minimum absolute atomic E-state index is 0.00337. The second kappa shape index (κ2) is 10.1. The van der Waals surface area contributed by atoms with Crippen LogP contribution in [0, 0.1) is 17.8 Å². The van der Waals surface area contributed by atoms with E-state index < -0.39 is 28.0 Å². The lowest BCUT2D eigenvalue weighted by atomic mass is 9.70. The molecule has 2 aliphatic rings. The Balaban J connectivity index is 1.65. The van der Waals surface area contributed by atoms with E-state index in [1.807, 2.05) is 32.1 Å². The average molecular weight is 483 g/mol. The van der Waals surface area contributed by atoms with Gasteiger partial charge in [-0.15, -0.1) is 0 Å². The van der Waals surface area contributed by atoms with Gasteiger partial charge in [0.25, 0.3) is 10.0 Å². The molecule has 1 aliphatic carbocycles. The maximum atomic E-state index is 13.1. The van der Waals surface area contributed by atoms with Crippen LogP contribution >= 0.6 is 0 Å². The van der Waals surface area contributed by atoms with Gasteiger partial charge in [-0.2, -0.15) is 0 Å². The van der Waals surface area contributed by atoms with Crippen LogP contribution in [0.5, 0.6) is 0 Å². The summed E-state index contributed by atoms with van der Waals surface area (Å²) in [5.41, 5.74) is 1.14. The summed E-state index contributed by atoms with van der Waals surface area (Å²) in [7, 11) is -3.81. The first-order chi connectivity index (χ1) is 16.3. The lowest BCUT2D eigenvalue weighted by Crippen LogP contribution is -2.46. The molecule has 0 spiro atoms. The van der Waals surface area contributed by atoms with E-state index in [1.54, 1.807) is 30.3 Å². The lowest BCUT2D eigenvalue weighted by Gasteiger charge is -2.40. The maximum absolute atomic E-state index is 13.1. The number of esters is 1. The number of hydrogen-bond acceptors (Lipinski definition) is 6. The highest BCUT2D eigenvalue weighted by atomic mass is 32.2. The first-order valence-electron chi connectivity index (χ1n) is 11.6. The summed E-state index contributed by atoms with van der Waals surface area (Å²) in [5, 5.41) is 11.4. The van der Waals surface area contributed by atoms with Crippen molar-refractivity contribution in [1.29, 1.82) is 0 Å². The van der Waals surface area contributed by atoms with Crippen molar-refractivity contribution < 1.29 is 23.1 Å². The third-order valence-corrected chi connectivity index (χ3v) is 7.86. The summed E-state index contributed by atoms with van der Waals surface area (Å²) < 4.78 is 33.8. The zero-order chi connectivity index (χ0) is 24.3. The number of aliphatic hydroxyl groups excluding tert-OH is 1. The largest absolute Gasteiger partial charge is 0.430 e. The summed E-state index contributed by atoms with van der Waals surface area (Å²) in [6.45, 7) is 3.98. The fraction of sp³-hybridized carbons (Fsp3) is 0.385. The molecule has 2 heterocycles. The molecule has 0 saturated carbocycles. The Morgan fingerprint density at radius 2 is 2.03 bits per heavy atom. The molecule has 4 unspecified atom stereocenters. The molecule has 1 aliphatic heterocycles. The number of anilines is 1. The highest BCUT2D eigenvalue weighted by Crippen LogP contribution is 2.44. The first-order valence-corrected chi connectivity index (χ1v) is 13.1. The summed E-state index contributed by atoms with van der Waals surface area (Å²) in [5.74, 6) is -1.30. The molecule has 7 nitrogen and oxygen atoms in total. The van der Waals surface area contributed by atoms with Gasteiger partial charge in [-0.1, -0.05) is 38.1 Å². The van der Waals surface area contributed by atoms with Crippen molar-refractivity contribution in [3.05, 3.63) is 78.3 Å². The minimum atomic E-state index is -3.81.